The first-order valence-corrected chi connectivity index (χ1v) is 6.27. The van der Waals surface area contributed by atoms with Gasteiger partial charge in [0.05, 0.1) is 0 Å². The van der Waals surface area contributed by atoms with Gasteiger partial charge in [-0.15, -0.1) is 0 Å². The third kappa shape index (κ3) is 3.10. The van der Waals surface area contributed by atoms with Crippen LogP contribution in [0.3, 0.4) is 0 Å². The molecule has 0 amide bonds. The van der Waals surface area contributed by atoms with Crippen LogP contribution in [0.15, 0.2) is 48.2 Å². The summed E-state index contributed by atoms with van der Waals surface area (Å²) in [5, 5.41) is 1.65. The molecule has 0 spiro atoms. The summed E-state index contributed by atoms with van der Waals surface area (Å²) in [6.07, 6.45) is 7.48. The highest BCUT2D eigenvalue weighted by Crippen LogP contribution is 2.08. The van der Waals surface area contributed by atoms with E-state index >= 15 is 0 Å². The zero-order valence-corrected chi connectivity index (χ0v) is 11.0. The summed E-state index contributed by atoms with van der Waals surface area (Å²) in [6.45, 7) is 5.92. The number of benzene rings is 1. The Labute approximate surface area is 112 Å². The molecule has 1 aromatic carbocycles. The molecule has 1 aromatic heterocycles. The number of aromatic amines is 1. The van der Waals surface area contributed by atoms with Crippen LogP contribution < -0.4 is 10.6 Å². The van der Waals surface area contributed by atoms with Crippen molar-refractivity contribution in [2.45, 2.75) is 13.3 Å². The van der Waals surface area contributed by atoms with Crippen LogP contribution >= 0.6 is 0 Å². The molecule has 0 saturated heterocycles. The van der Waals surface area contributed by atoms with Crippen molar-refractivity contribution in [2.24, 2.45) is 0 Å². The van der Waals surface area contributed by atoms with Gasteiger partial charge in [0, 0.05) is 22.3 Å². The maximum Gasteiger partial charge on any atom is 0.152 e. The molecule has 0 bridgehead atoms. The fraction of sp³-hybridized carbons (Fsp3) is 0.118. The lowest BCUT2D eigenvalue weighted by Gasteiger charge is -2.01. The highest BCUT2D eigenvalue weighted by molar-refractivity contribution is 5.76. The molecule has 1 heterocycles. The second-order valence-electron chi connectivity index (χ2n) is 4.42. The van der Waals surface area contributed by atoms with Gasteiger partial charge in [0.15, 0.2) is 6.29 Å². The number of aromatic nitrogens is 1. The molecule has 19 heavy (non-hydrogen) atoms. The third-order valence-corrected chi connectivity index (χ3v) is 3.12. The van der Waals surface area contributed by atoms with Crippen LogP contribution in [0.25, 0.3) is 12.7 Å². The Morgan fingerprint density at radius 2 is 2.05 bits per heavy atom. The summed E-state index contributed by atoms with van der Waals surface area (Å²) < 4.78 is 0. The molecule has 0 atom stereocenters. The van der Waals surface area contributed by atoms with Crippen LogP contribution in [0, 0.1) is 0 Å². The van der Waals surface area contributed by atoms with Gasteiger partial charge >= 0.3 is 0 Å². The summed E-state index contributed by atoms with van der Waals surface area (Å²) in [5.74, 6) is 0. The maximum absolute atomic E-state index is 11.0. The summed E-state index contributed by atoms with van der Waals surface area (Å²) in [5.41, 5.74) is 3.07. The van der Waals surface area contributed by atoms with Crippen molar-refractivity contribution in [2.75, 3.05) is 0 Å². The van der Waals surface area contributed by atoms with Gasteiger partial charge in [0.2, 0.25) is 0 Å². The van der Waals surface area contributed by atoms with Crippen LogP contribution in [0.4, 0.5) is 0 Å². The molecule has 0 fully saturated rings. The molecule has 0 aliphatic heterocycles. The molecule has 2 heteroatoms. The van der Waals surface area contributed by atoms with Crippen molar-refractivity contribution in [1.82, 2.24) is 4.98 Å². The first-order valence-electron chi connectivity index (χ1n) is 6.27. The molecule has 0 aliphatic rings. The van der Waals surface area contributed by atoms with E-state index in [2.05, 4.69) is 29.8 Å². The Kier molecular flexibility index (Phi) is 4.14. The topological polar surface area (TPSA) is 32.9 Å². The van der Waals surface area contributed by atoms with E-state index in [1.807, 2.05) is 31.2 Å². The van der Waals surface area contributed by atoms with Crippen LogP contribution in [0.2, 0.25) is 0 Å². The number of rotatable bonds is 4. The largest absolute Gasteiger partial charge is 0.361 e. The molecule has 2 aromatic rings. The molecular weight excluding hydrogens is 234 g/mol. The van der Waals surface area contributed by atoms with Gasteiger partial charge in [-0.1, -0.05) is 43.0 Å². The molecular formula is C17H17NO. The normalized spacial score (nSPS) is 12.7. The van der Waals surface area contributed by atoms with Crippen LogP contribution in [-0.4, -0.2) is 11.3 Å². The van der Waals surface area contributed by atoms with Crippen LogP contribution in [0.1, 0.15) is 22.8 Å². The number of hydrogen-bond acceptors (Lipinski definition) is 1. The minimum atomic E-state index is 0.650. The van der Waals surface area contributed by atoms with E-state index < -0.39 is 0 Å². The number of aldehydes is 1. The van der Waals surface area contributed by atoms with E-state index in [9.17, 15) is 4.79 Å². The monoisotopic (exact) mass is 251 g/mol. The summed E-state index contributed by atoms with van der Waals surface area (Å²) >= 11 is 0. The second kappa shape index (κ2) is 6.01. The van der Waals surface area contributed by atoms with Crippen LogP contribution in [0.5, 0.6) is 0 Å². The summed E-state index contributed by atoms with van der Waals surface area (Å²) in [4.78, 5) is 14.0. The average molecular weight is 251 g/mol. The Balaban J connectivity index is 2.37. The van der Waals surface area contributed by atoms with Crippen molar-refractivity contribution in [1.29, 1.82) is 0 Å². The smallest absolute Gasteiger partial charge is 0.152 e. The Hall–Kier alpha value is -2.35. The fourth-order valence-electron chi connectivity index (χ4n) is 2.02. The molecule has 2 nitrogen and oxygen atoms in total. The minimum Gasteiger partial charge on any atom is -0.361 e. The van der Waals surface area contributed by atoms with Gasteiger partial charge in [0.1, 0.15) is 0 Å². The maximum atomic E-state index is 11.0. The summed E-state index contributed by atoms with van der Waals surface area (Å²) in [7, 11) is 0. The Morgan fingerprint density at radius 1 is 1.32 bits per heavy atom. The second-order valence-corrected chi connectivity index (χ2v) is 4.42. The van der Waals surface area contributed by atoms with E-state index in [4.69, 9.17) is 0 Å². The zero-order chi connectivity index (χ0) is 13.7. The highest BCUT2D eigenvalue weighted by atomic mass is 16.1. The number of H-pyrrole nitrogens is 1. The molecule has 0 saturated carbocycles. The van der Waals surface area contributed by atoms with Crippen molar-refractivity contribution in [3.05, 3.63) is 69.9 Å². The van der Waals surface area contributed by atoms with Crippen molar-refractivity contribution in [3.63, 3.8) is 0 Å². The predicted molar refractivity (Wildman–Crippen MR) is 79.3 cm³/mol. The predicted octanol–water partition coefficient (Wildman–Crippen LogP) is 2.21. The molecule has 0 aliphatic carbocycles. The fourth-order valence-corrected chi connectivity index (χ4v) is 2.02. The number of carbonyl (C=O) groups is 1. The lowest BCUT2D eigenvalue weighted by Crippen LogP contribution is -2.23. The lowest BCUT2D eigenvalue weighted by molar-refractivity contribution is 0.112. The van der Waals surface area contributed by atoms with Gasteiger partial charge in [-0.25, -0.2) is 0 Å². The van der Waals surface area contributed by atoms with E-state index in [0.29, 0.717) is 5.56 Å². The number of nitrogens with one attached hydrogen (secondary N) is 1. The van der Waals surface area contributed by atoms with E-state index in [1.54, 1.807) is 6.20 Å². The van der Waals surface area contributed by atoms with Gasteiger partial charge in [0.25, 0.3) is 0 Å². The first-order chi connectivity index (χ1) is 9.24. The van der Waals surface area contributed by atoms with E-state index in [0.717, 1.165) is 23.3 Å². The SMILES string of the molecule is C=c1[nH]cc(C=O)/c1=C/C(=C\C)Cc1ccccc1. The molecule has 2 rings (SSSR count). The molecule has 1 N–H and O–H groups in total. The number of carbonyl (C=O) groups excluding carboxylic acids is 1. The molecule has 96 valence electrons. The first kappa shape index (κ1) is 13.1. The van der Waals surface area contributed by atoms with Crippen molar-refractivity contribution >= 4 is 18.9 Å². The highest BCUT2D eigenvalue weighted by Gasteiger charge is 1.99. The van der Waals surface area contributed by atoms with Crippen LogP contribution in [-0.2, 0) is 6.42 Å². The van der Waals surface area contributed by atoms with Crippen molar-refractivity contribution < 1.29 is 4.79 Å². The Bertz CT molecular complexity index is 693. The van der Waals surface area contributed by atoms with Gasteiger partial charge in [-0.05, 0) is 30.6 Å². The Morgan fingerprint density at radius 3 is 2.68 bits per heavy atom. The van der Waals surface area contributed by atoms with Gasteiger partial charge in [-0.3, -0.25) is 4.79 Å². The molecule has 0 radical (unpaired) electrons. The lowest BCUT2D eigenvalue weighted by atomic mass is 10.0. The van der Waals surface area contributed by atoms with E-state index in [1.165, 1.54) is 11.1 Å². The quantitative estimate of drug-likeness (QED) is 0.830. The standard InChI is InChI=1S/C17H17NO/c1-3-14(9-15-7-5-4-6-8-15)10-17-13(2)18-11-16(17)12-19/h3-8,10-12,18H,2,9H2,1H3/b14-3-,17-10+. The van der Waals surface area contributed by atoms with E-state index in [-0.39, 0.29) is 0 Å². The zero-order valence-electron chi connectivity index (χ0n) is 11.0. The molecule has 0 unspecified atom stereocenters. The number of hydrogen-bond donors (Lipinski definition) is 1. The van der Waals surface area contributed by atoms with Gasteiger partial charge < -0.3 is 4.98 Å². The average Bonchev–Trinajstić information content (AvgIpc) is 2.80. The third-order valence-electron chi connectivity index (χ3n) is 3.12. The minimum absolute atomic E-state index is 0.650. The van der Waals surface area contributed by atoms with Gasteiger partial charge in [-0.2, -0.15) is 0 Å². The summed E-state index contributed by atoms with van der Waals surface area (Å²) in [6, 6.07) is 10.3. The number of allylic oxidation sites excluding steroid dienone is 2. The van der Waals surface area contributed by atoms with Crippen molar-refractivity contribution in [3.8, 4) is 0 Å².